The van der Waals surface area contributed by atoms with Gasteiger partial charge in [-0.3, -0.25) is 4.79 Å². The Kier molecular flexibility index (Phi) is 3.19. The summed E-state index contributed by atoms with van der Waals surface area (Å²) in [6, 6.07) is 5.72. The fourth-order valence-electron chi connectivity index (χ4n) is 2.58. The summed E-state index contributed by atoms with van der Waals surface area (Å²) in [5.74, 6) is 0.567. The van der Waals surface area contributed by atoms with Gasteiger partial charge in [0, 0.05) is 25.2 Å². The van der Waals surface area contributed by atoms with Crippen LogP contribution in [0, 0.1) is 5.92 Å². The molecule has 3 rings (SSSR count). The van der Waals surface area contributed by atoms with E-state index in [-0.39, 0.29) is 5.91 Å². The van der Waals surface area contributed by atoms with Gasteiger partial charge in [0.25, 0.3) is 5.91 Å². The largest absolute Gasteiger partial charge is 0.341 e. The van der Waals surface area contributed by atoms with E-state index in [1.807, 2.05) is 31.4 Å². The van der Waals surface area contributed by atoms with E-state index in [9.17, 15) is 4.79 Å². The van der Waals surface area contributed by atoms with Gasteiger partial charge in [-0.25, -0.2) is 4.52 Å². The lowest BCUT2D eigenvalue weighted by Gasteiger charge is -2.34. The minimum Gasteiger partial charge on any atom is -0.341 e. The number of fused-ring (bicyclic) bond motifs is 1. The van der Waals surface area contributed by atoms with Crippen molar-refractivity contribution < 1.29 is 4.79 Å². The lowest BCUT2D eigenvalue weighted by Crippen LogP contribution is -2.37. The Morgan fingerprint density at radius 2 is 2.32 bits per heavy atom. The van der Waals surface area contributed by atoms with Gasteiger partial charge in [0.2, 0.25) is 0 Å². The molecule has 0 N–H and O–H groups in total. The van der Waals surface area contributed by atoms with Crippen LogP contribution in [0.4, 0.5) is 0 Å². The number of aromatic nitrogens is 2. The summed E-state index contributed by atoms with van der Waals surface area (Å²) in [5, 5.41) is 4.49. The average Bonchev–Trinajstić information content (AvgIpc) is 2.79. The summed E-state index contributed by atoms with van der Waals surface area (Å²) in [5.41, 5.74) is 1.51. The molecule has 0 aromatic carbocycles. The van der Waals surface area contributed by atoms with Crippen LogP contribution in [0.5, 0.6) is 0 Å². The third kappa shape index (κ3) is 2.32. The molecule has 1 amide bonds. The maximum absolute atomic E-state index is 12.4. The molecule has 0 radical (unpaired) electrons. The molecule has 2 aromatic rings. The number of hydrogen-bond acceptors (Lipinski definition) is 2. The van der Waals surface area contributed by atoms with Crippen LogP contribution in [0.1, 0.15) is 23.2 Å². The highest BCUT2D eigenvalue weighted by Gasteiger charge is 2.29. The molecule has 0 unspecified atom stereocenters. The monoisotopic (exact) mass is 277 g/mol. The summed E-state index contributed by atoms with van der Waals surface area (Å²) >= 11 is 5.97. The Labute approximate surface area is 117 Å². The number of nitrogens with zero attached hydrogens (tertiary/aromatic N) is 3. The van der Waals surface area contributed by atoms with Crippen LogP contribution >= 0.6 is 11.6 Å². The van der Waals surface area contributed by atoms with Crippen LogP contribution in [0.3, 0.4) is 0 Å². The van der Waals surface area contributed by atoms with E-state index in [1.54, 1.807) is 15.6 Å². The Morgan fingerprint density at radius 3 is 3.05 bits per heavy atom. The summed E-state index contributed by atoms with van der Waals surface area (Å²) in [7, 11) is 1.84. The predicted molar refractivity (Wildman–Crippen MR) is 74.5 cm³/mol. The molecule has 19 heavy (non-hydrogen) atoms. The smallest absolute Gasteiger partial charge is 0.257 e. The molecular weight excluding hydrogens is 262 g/mol. The van der Waals surface area contributed by atoms with E-state index in [4.69, 9.17) is 11.6 Å². The number of carbonyl (C=O) groups is 1. The molecule has 0 atom stereocenters. The maximum Gasteiger partial charge on any atom is 0.257 e. The van der Waals surface area contributed by atoms with Crippen LogP contribution in [-0.2, 0) is 0 Å². The summed E-state index contributed by atoms with van der Waals surface area (Å²) in [6.45, 7) is 0.770. The van der Waals surface area contributed by atoms with Gasteiger partial charge in [0.15, 0.2) is 0 Å². The van der Waals surface area contributed by atoms with Gasteiger partial charge in [-0.15, -0.1) is 11.6 Å². The second-order valence-corrected chi connectivity index (χ2v) is 5.83. The number of pyridine rings is 1. The molecule has 1 aliphatic rings. The molecule has 2 aromatic heterocycles. The van der Waals surface area contributed by atoms with E-state index in [0.717, 1.165) is 24.9 Å². The summed E-state index contributed by atoms with van der Waals surface area (Å²) < 4.78 is 1.72. The Hall–Kier alpha value is -1.55. The zero-order valence-corrected chi connectivity index (χ0v) is 11.5. The molecule has 4 nitrogen and oxygen atoms in total. The van der Waals surface area contributed by atoms with Crippen LogP contribution < -0.4 is 0 Å². The van der Waals surface area contributed by atoms with Crippen LogP contribution in [-0.4, -0.2) is 39.4 Å². The third-order valence-corrected chi connectivity index (χ3v) is 4.07. The normalized spacial score (nSPS) is 22.2. The molecule has 5 heteroatoms. The molecule has 0 bridgehead atoms. The minimum absolute atomic E-state index is 0.0271. The van der Waals surface area contributed by atoms with E-state index in [1.165, 1.54) is 0 Å². The number of alkyl halides is 1. The van der Waals surface area contributed by atoms with Crippen LogP contribution in [0.25, 0.3) is 5.52 Å². The van der Waals surface area contributed by atoms with Crippen molar-refractivity contribution in [3.63, 3.8) is 0 Å². The Bertz CT molecular complexity index is 604. The average molecular weight is 278 g/mol. The van der Waals surface area contributed by atoms with Crippen molar-refractivity contribution in [3.05, 3.63) is 36.2 Å². The molecule has 2 heterocycles. The first kappa shape index (κ1) is 12.5. The zero-order chi connectivity index (χ0) is 13.4. The summed E-state index contributed by atoms with van der Waals surface area (Å²) in [6.07, 6.45) is 5.50. The van der Waals surface area contributed by atoms with Gasteiger partial charge in [-0.2, -0.15) is 5.10 Å². The van der Waals surface area contributed by atoms with E-state index >= 15 is 0 Å². The van der Waals surface area contributed by atoms with Gasteiger partial charge < -0.3 is 4.90 Å². The number of rotatable bonds is 3. The number of amides is 1. The van der Waals surface area contributed by atoms with Crippen molar-refractivity contribution in [3.8, 4) is 0 Å². The first-order chi connectivity index (χ1) is 9.15. The molecule has 0 aliphatic heterocycles. The zero-order valence-electron chi connectivity index (χ0n) is 10.8. The van der Waals surface area contributed by atoms with Crippen molar-refractivity contribution >= 4 is 23.0 Å². The standard InChI is InChI=1S/C14H16ClN3O/c1-17(9-10-6-11(15)7-10)14(19)12-8-16-18-5-3-2-4-13(12)18/h2-5,8,10-11H,6-7,9H2,1H3. The van der Waals surface area contributed by atoms with Gasteiger partial charge in [0.1, 0.15) is 0 Å². The number of halogens is 1. The molecule has 1 saturated carbocycles. The Morgan fingerprint density at radius 1 is 1.53 bits per heavy atom. The van der Waals surface area contributed by atoms with Crippen LogP contribution in [0.2, 0.25) is 0 Å². The van der Waals surface area contributed by atoms with Gasteiger partial charge in [-0.1, -0.05) is 6.07 Å². The lowest BCUT2D eigenvalue weighted by atomic mass is 9.84. The minimum atomic E-state index is 0.0271. The molecule has 100 valence electrons. The highest BCUT2D eigenvalue weighted by molar-refractivity contribution is 6.21. The van der Waals surface area contributed by atoms with E-state index in [0.29, 0.717) is 16.9 Å². The molecule has 1 fully saturated rings. The van der Waals surface area contributed by atoms with Crippen molar-refractivity contribution in [1.29, 1.82) is 0 Å². The van der Waals surface area contributed by atoms with E-state index in [2.05, 4.69) is 5.10 Å². The summed E-state index contributed by atoms with van der Waals surface area (Å²) in [4.78, 5) is 14.2. The number of hydrogen-bond donors (Lipinski definition) is 0. The van der Waals surface area contributed by atoms with Crippen molar-refractivity contribution in [2.45, 2.75) is 18.2 Å². The highest BCUT2D eigenvalue weighted by atomic mass is 35.5. The van der Waals surface area contributed by atoms with E-state index < -0.39 is 0 Å². The third-order valence-electron chi connectivity index (χ3n) is 3.71. The quantitative estimate of drug-likeness (QED) is 0.808. The Balaban J connectivity index is 1.75. The van der Waals surface area contributed by atoms with Crippen molar-refractivity contribution in [2.24, 2.45) is 5.92 Å². The molecule has 0 spiro atoms. The van der Waals surface area contributed by atoms with Gasteiger partial charge >= 0.3 is 0 Å². The maximum atomic E-state index is 12.4. The SMILES string of the molecule is CN(CC1CC(Cl)C1)C(=O)c1cnn2ccccc12. The second kappa shape index (κ2) is 4.85. The molecular formula is C14H16ClN3O. The molecule has 1 aliphatic carbocycles. The second-order valence-electron chi connectivity index (χ2n) is 5.21. The van der Waals surface area contributed by atoms with Crippen LogP contribution in [0.15, 0.2) is 30.6 Å². The highest BCUT2D eigenvalue weighted by Crippen LogP contribution is 2.32. The number of carbonyl (C=O) groups excluding carboxylic acids is 1. The fraction of sp³-hybridized carbons (Fsp3) is 0.429. The van der Waals surface area contributed by atoms with Crippen molar-refractivity contribution in [1.82, 2.24) is 14.5 Å². The van der Waals surface area contributed by atoms with Gasteiger partial charge in [0.05, 0.1) is 17.3 Å². The lowest BCUT2D eigenvalue weighted by molar-refractivity contribution is 0.0749. The topological polar surface area (TPSA) is 37.6 Å². The van der Waals surface area contributed by atoms with Gasteiger partial charge in [-0.05, 0) is 30.9 Å². The van der Waals surface area contributed by atoms with Crippen molar-refractivity contribution in [2.75, 3.05) is 13.6 Å². The fourth-order valence-corrected chi connectivity index (χ4v) is 3.08. The first-order valence-corrected chi connectivity index (χ1v) is 6.90. The first-order valence-electron chi connectivity index (χ1n) is 6.47. The predicted octanol–water partition coefficient (Wildman–Crippen LogP) is 2.42. The molecule has 0 saturated heterocycles.